The molecule has 0 amide bonds. The first kappa shape index (κ1) is 13.8. The summed E-state index contributed by atoms with van der Waals surface area (Å²) >= 11 is 0. The van der Waals surface area contributed by atoms with Gasteiger partial charge in [0.05, 0.1) is 12.4 Å². The molecule has 17 heavy (non-hydrogen) atoms. The predicted molar refractivity (Wildman–Crippen MR) is 67.5 cm³/mol. The van der Waals surface area contributed by atoms with Crippen LogP contribution in [0.2, 0.25) is 0 Å². The van der Waals surface area contributed by atoms with Gasteiger partial charge in [-0.15, -0.1) is 0 Å². The van der Waals surface area contributed by atoms with Gasteiger partial charge >= 0.3 is 0 Å². The largest absolute Gasteiger partial charge is 0.353 e. The van der Waals surface area contributed by atoms with Gasteiger partial charge in [0.25, 0.3) is 0 Å². The van der Waals surface area contributed by atoms with Crippen molar-refractivity contribution in [3.8, 4) is 0 Å². The van der Waals surface area contributed by atoms with Crippen LogP contribution in [0.15, 0.2) is 12.4 Å². The van der Waals surface area contributed by atoms with Crippen LogP contribution < -0.4 is 5.32 Å². The number of hydrogen-bond donors (Lipinski definition) is 1. The molecule has 1 heterocycles. The van der Waals surface area contributed by atoms with Gasteiger partial charge in [0.2, 0.25) is 5.95 Å². The molecule has 0 fully saturated rings. The second-order valence-corrected chi connectivity index (χ2v) is 4.58. The number of nitrogens with one attached hydrogen (secondary N) is 1. The van der Waals surface area contributed by atoms with Crippen LogP contribution in [-0.2, 0) is 0 Å². The van der Waals surface area contributed by atoms with E-state index in [-0.39, 0.29) is 0 Å². The van der Waals surface area contributed by atoms with Crippen molar-refractivity contribution in [2.24, 2.45) is 0 Å². The molecule has 0 radical (unpaired) electrons. The maximum atomic E-state index is 12.6. The molecule has 0 aliphatic carbocycles. The van der Waals surface area contributed by atoms with Crippen LogP contribution in [0.25, 0.3) is 0 Å². The first-order valence-corrected chi connectivity index (χ1v) is 5.98. The molecule has 1 aromatic heterocycles. The van der Waals surface area contributed by atoms with Crippen LogP contribution in [0, 0.1) is 5.82 Å². The Morgan fingerprint density at radius 3 is 2.18 bits per heavy atom. The second kappa shape index (κ2) is 6.49. The highest BCUT2D eigenvalue weighted by Crippen LogP contribution is 2.04. The third-order valence-electron chi connectivity index (χ3n) is 2.60. The van der Waals surface area contributed by atoms with Gasteiger partial charge in [-0.05, 0) is 27.7 Å². The van der Waals surface area contributed by atoms with Crippen molar-refractivity contribution in [3.05, 3.63) is 18.2 Å². The van der Waals surface area contributed by atoms with E-state index in [0.717, 1.165) is 25.5 Å². The molecule has 1 aromatic rings. The summed E-state index contributed by atoms with van der Waals surface area (Å²) in [6, 6.07) is 1.01. The Hall–Kier alpha value is -1.23. The fourth-order valence-corrected chi connectivity index (χ4v) is 1.81. The van der Waals surface area contributed by atoms with Crippen LogP contribution in [0.5, 0.6) is 0 Å². The highest BCUT2D eigenvalue weighted by Gasteiger charge is 2.12. The molecule has 0 unspecified atom stereocenters. The highest BCUT2D eigenvalue weighted by atomic mass is 19.1. The molecule has 1 rings (SSSR count). The number of anilines is 1. The molecule has 0 saturated heterocycles. The van der Waals surface area contributed by atoms with Crippen molar-refractivity contribution < 1.29 is 4.39 Å². The van der Waals surface area contributed by atoms with Crippen LogP contribution in [-0.4, -0.2) is 40.0 Å². The normalized spacial score (nSPS) is 11.5. The van der Waals surface area contributed by atoms with Crippen molar-refractivity contribution in [1.82, 2.24) is 14.9 Å². The first-order valence-electron chi connectivity index (χ1n) is 5.98. The highest BCUT2D eigenvalue weighted by molar-refractivity contribution is 5.22. The zero-order valence-corrected chi connectivity index (χ0v) is 10.9. The van der Waals surface area contributed by atoms with E-state index in [9.17, 15) is 4.39 Å². The van der Waals surface area contributed by atoms with E-state index >= 15 is 0 Å². The molecule has 1 N–H and O–H groups in total. The molecule has 0 aromatic carbocycles. The van der Waals surface area contributed by atoms with E-state index in [2.05, 4.69) is 47.9 Å². The minimum atomic E-state index is -0.415. The third kappa shape index (κ3) is 4.65. The minimum Gasteiger partial charge on any atom is -0.353 e. The zero-order valence-electron chi connectivity index (χ0n) is 10.9. The Labute approximate surface area is 102 Å². The lowest BCUT2D eigenvalue weighted by molar-refractivity contribution is 0.182. The molecule has 0 atom stereocenters. The van der Waals surface area contributed by atoms with Crippen LogP contribution in [0.3, 0.4) is 0 Å². The molecule has 0 aliphatic heterocycles. The molecule has 0 bridgehead atoms. The van der Waals surface area contributed by atoms with E-state index in [1.54, 1.807) is 0 Å². The fraction of sp³-hybridized carbons (Fsp3) is 0.667. The maximum absolute atomic E-state index is 12.6. The molecule has 0 saturated carbocycles. The number of halogens is 1. The Bertz CT molecular complexity index is 316. The zero-order chi connectivity index (χ0) is 12.8. The Kier molecular flexibility index (Phi) is 5.28. The molecule has 0 spiro atoms. The third-order valence-corrected chi connectivity index (χ3v) is 2.60. The van der Waals surface area contributed by atoms with Gasteiger partial charge in [-0.2, -0.15) is 0 Å². The smallest absolute Gasteiger partial charge is 0.222 e. The molecular formula is C12H21FN4. The molecular weight excluding hydrogens is 219 g/mol. The SMILES string of the molecule is CC(C)N(CCNc1ncc(F)cn1)C(C)C. The quantitative estimate of drug-likeness (QED) is 0.827. The minimum absolute atomic E-state index is 0.415. The van der Waals surface area contributed by atoms with E-state index < -0.39 is 5.82 Å². The lowest BCUT2D eigenvalue weighted by Gasteiger charge is -2.30. The summed E-state index contributed by atoms with van der Waals surface area (Å²) in [5.74, 6) is 0.0559. The summed E-state index contributed by atoms with van der Waals surface area (Å²) in [6.07, 6.45) is 2.33. The van der Waals surface area contributed by atoms with Crippen molar-refractivity contribution in [1.29, 1.82) is 0 Å². The summed E-state index contributed by atoms with van der Waals surface area (Å²) in [5, 5.41) is 3.08. The van der Waals surface area contributed by atoms with Gasteiger partial charge < -0.3 is 5.32 Å². The van der Waals surface area contributed by atoms with Crippen LogP contribution in [0.1, 0.15) is 27.7 Å². The standard InChI is InChI=1S/C12H21FN4/c1-9(2)17(10(3)4)6-5-14-12-15-7-11(13)8-16-12/h7-10H,5-6H2,1-4H3,(H,14,15,16). The summed E-state index contributed by atoms with van der Waals surface area (Å²) in [6.45, 7) is 10.4. The van der Waals surface area contributed by atoms with Crippen LogP contribution in [0.4, 0.5) is 10.3 Å². The van der Waals surface area contributed by atoms with Crippen molar-refractivity contribution in [3.63, 3.8) is 0 Å². The van der Waals surface area contributed by atoms with E-state index in [0.29, 0.717) is 18.0 Å². The van der Waals surface area contributed by atoms with Gasteiger partial charge in [0.15, 0.2) is 5.82 Å². The molecule has 4 nitrogen and oxygen atoms in total. The summed E-state index contributed by atoms with van der Waals surface area (Å²) < 4.78 is 12.6. The summed E-state index contributed by atoms with van der Waals surface area (Å²) in [5.41, 5.74) is 0. The topological polar surface area (TPSA) is 41.0 Å². The predicted octanol–water partition coefficient (Wildman–Crippen LogP) is 2.15. The van der Waals surface area contributed by atoms with E-state index in [4.69, 9.17) is 0 Å². The molecule has 0 aliphatic rings. The number of rotatable bonds is 6. The second-order valence-electron chi connectivity index (χ2n) is 4.58. The Morgan fingerprint density at radius 1 is 1.18 bits per heavy atom. The van der Waals surface area contributed by atoms with Gasteiger partial charge in [-0.25, -0.2) is 14.4 Å². The molecule has 5 heteroatoms. The maximum Gasteiger partial charge on any atom is 0.222 e. The summed E-state index contributed by atoms with van der Waals surface area (Å²) in [7, 11) is 0. The van der Waals surface area contributed by atoms with Gasteiger partial charge in [0, 0.05) is 25.2 Å². The average Bonchev–Trinajstić information content (AvgIpc) is 2.25. The monoisotopic (exact) mass is 240 g/mol. The van der Waals surface area contributed by atoms with E-state index in [1.807, 2.05) is 0 Å². The lowest BCUT2D eigenvalue weighted by atomic mass is 10.2. The van der Waals surface area contributed by atoms with Crippen LogP contribution >= 0.6 is 0 Å². The first-order chi connectivity index (χ1) is 8.00. The van der Waals surface area contributed by atoms with Gasteiger partial charge in [-0.1, -0.05) is 0 Å². The Balaban J connectivity index is 2.38. The number of aromatic nitrogens is 2. The van der Waals surface area contributed by atoms with Crippen molar-refractivity contribution in [2.45, 2.75) is 39.8 Å². The lowest BCUT2D eigenvalue weighted by Crippen LogP contribution is -2.40. The number of hydrogen-bond acceptors (Lipinski definition) is 4. The Morgan fingerprint density at radius 2 is 1.71 bits per heavy atom. The molecule has 96 valence electrons. The summed E-state index contributed by atoms with van der Waals surface area (Å²) in [4.78, 5) is 10.1. The van der Waals surface area contributed by atoms with Gasteiger partial charge in [0.1, 0.15) is 0 Å². The van der Waals surface area contributed by atoms with E-state index in [1.165, 1.54) is 0 Å². The van der Waals surface area contributed by atoms with Gasteiger partial charge in [-0.3, -0.25) is 4.90 Å². The van der Waals surface area contributed by atoms with Crippen molar-refractivity contribution >= 4 is 5.95 Å². The average molecular weight is 240 g/mol. The fourth-order valence-electron chi connectivity index (χ4n) is 1.81. The number of nitrogens with zero attached hydrogens (tertiary/aromatic N) is 3. The van der Waals surface area contributed by atoms with Crippen molar-refractivity contribution in [2.75, 3.05) is 18.4 Å².